The Morgan fingerprint density at radius 1 is 0.375 bits per heavy atom. The lowest BCUT2D eigenvalue weighted by molar-refractivity contribution is 0.281. The predicted molar refractivity (Wildman–Crippen MR) is 133 cm³/mol. The lowest BCUT2D eigenvalue weighted by Gasteiger charge is -2.43. The van der Waals surface area contributed by atoms with Crippen molar-refractivity contribution in [3.8, 4) is 17.2 Å². The van der Waals surface area contributed by atoms with Crippen LogP contribution in [0.25, 0.3) is 0 Å². The fourth-order valence-electron chi connectivity index (χ4n) is 3.05. The van der Waals surface area contributed by atoms with Crippen molar-refractivity contribution in [2.75, 3.05) is 0 Å². The first kappa shape index (κ1) is 22.7. The molecule has 0 fully saturated rings. The Labute approximate surface area is 206 Å². The van der Waals surface area contributed by atoms with Crippen LogP contribution in [0.15, 0.2) is 97.1 Å². The van der Waals surface area contributed by atoms with Crippen molar-refractivity contribution < 1.29 is 14.0 Å². The van der Waals surface area contributed by atoms with E-state index in [1.807, 2.05) is 0 Å². The molecule has 0 spiro atoms. The first-order chi connectivity index (χ1) is 15.4. The van der Waals surface area contributed by atoms with Crippen LogP contribution in [-0.4, -0.2) is 6.75 Å². The molecule has 4 rings (SSSR count). The van der Waals surface area contributed by atoms with Gasteiger partial charge in [0.1, 0.15) is 0 Å². The van der Waals surface area contributed by atoms with Crippen LogP contribution in [0.3, 0.4) is 0 Å². The smallest absolute Gasteiger partial charge is 0.580 e. The van der Waals surface area contributed by atoms with Gasteiger partial charge in [-0.05, 0) is 84.9 Å². The standard InChI is InChI=1S/C24H16BCl4O3/c26-18-3-1-17(2-4-18)25(30-22-11-5-19(27)6-12-22,31-23-13-7-20(28)8-14-23)32-24-15-9-21(29)10-16-24/h1-16H/q-1. The highest BCUT2D eigenvalue weighted by molar-refractivity contribution is 6.77. The van der Waals surface area contributed by atoms with E-state index in [4.69, 9.17) is 60.4 Å². The minimum atomic E-state index is -2.59. The first-order valence-corrected chi connectivity index (χ1v) is 11.2. The van der Waals surface area contributed by atoms with Gasteiger partial charge in [-0.25, -0.2) is 0 Å². The van der Waals surface area contributed by atoms with E-state index in [0.29, 0.717) is 42.8 Å². The molecule has 0 saturated carbocycles. The Balaban J connectivity index is 1.83. The van der Waals surface area contributed by atoms with E-state index in [9.17, 15) is 0 Å². The monoisotopic (exact) mass is 503 g/mol. The highest BCUT2D eigenvalue weighted by atomic mass is 35.5. The van der Waals surface area contributed by atoms with Crippen molar-refractivity contribution in [3.63, 3.8) is 0 Å². The Morgan fingerprint density at radius 3 is 0.906 bits per heavy atom. The molecule has 0 bridgehead atoms. The summed E-state index contributed by atoms with van der Waals surface area (Å²) in [6.45, 7) is -2.59. The van der Waals surface area contributed by atoms with Crippen LogP contribution in [0.1, 0.15) is 0 Å². The van der Waals surface area contributed by atoms with Gasteiger partial charge in [-0.15, -0.1) is 0 Å². The number of hydrogen-bond donors (Lipinski definition) is 0. The largest absolute Gasteiger partial charge is 0.645 e. The molecule has 3 nitrogen and oxygen atoms in total. The molecule has 0 N–H and O–H groups in total. The summed E-state index contributed by atoms with van der Waals surface area (Å²) in [4.78, 5) is 0. The zero-order valence-corrected chi connectivity index (χ0v) is 19.6. The van der Waals surface area contributed by atoms with Gasteiger partial charge in [0.15, 0.2) is 0 Å². The summed E-state index contributed by atoms with van der Waals surface area (Å²) >= 11 is 24.3. The van der Waals surface area contributed by atoms with E-state index in [1.165, 1.54) is 0 Å². The zero-order chi connectivity index (χ0) is 22.6. The fraction of sp³-hybridized carbons (Fsp3) is 0. The maximum atomic E-state index is 6.40. The highest BCUT2D eigenvalue weighted by Crippen LogP contribution is 2.27. The third-order valence-electron chi connectivity index (χ3n) is 4.59. The van der Waals surface area contributed by atoms with Crippen molar-refractivity contribution in [3.05, 3.63) is 117 Å². The molecule has 162 valence electrons. The van der Waals surface area contributed by atoms with E-state index >= 15 is 0 Å². The van der Waals surface area contributed by atoms with Crippen molar-refractivity contribution in [2.45, 2.75) is 0 Å². The molecule has 0 aliphatic rings. The fourth-order valence-corrected chi connectivity index (χ4v) is 3.56. The summed E-state index contributed by atoms with van der Waals surface area (Å²) in [6.07, 6.45) is 0. The van der Waals surface area contributed by atoms with Gasteiger partial charge in [0, 0.05) is 20.1 Å². The Hall–Kier alpha value is -2.50. The van der Waals surface area contributed by atoms with Gasteiger partial charge in [0.2, 0.25) is 0 Å². The third-order valence-corrected chi connectivity index (χ3v) is 5.60. The molecule has 0 aliphatic carbocycles. The number of hydrogen-bond acceptors (Lipinski definition) is 3. The molecule has 0 aromatic heterocycles. The van der Waals surface area contributed by atoms with Crippen LogP contribution in [0, 0.1) is 0 Å². The molecule has 0 amide bonds. The molecular formula is C24H16BCl4O3-. The van der Waals surface area contributed by atoms with Crippen LogP contribution in [0.2, 0.25) is 20.1 Å². The number of halogens is 4. The van der Waals surface area contributed by atoms with Crippen LogP contribution < -0.4 is 19.4 Å². The van der Waals surface area contributed by atoms with Gasteiger partial charge in [-0.3, -0.25) is 0 Å². The molecule has 0 saturated heterocycles. The predicted octanol–water partition coefficient (Wildman–Crippen LogP) is 7.68. The van der Waals surface area contributed by atoms with Crippen molar-refractivity contribution >= 4 is 58.6 Å². The highest BCUT2D eigenvalue weighted by Gasteiger charge is 2.39. The third kappa shape index (κ3) is 5.65. The average molecular weight is 505 g/mol. The summed E-state index contributed by atoms with van der Waals surface area (Å²) in [5.74, 6) is 1.52. The quantitative estimate of drug-likeness (QED) is 0.241. The molecule has 4 aromatic carbocycles. The van der Waals surface area contributed by atoms with Gasteiger partial charge < -0.3 is 14.0 Å². The van der Waals surface area contributed by atoms with Crippen LogP contribution in [0.5, 0.6) is 17.2 Å². The summed E-state index contributed by atoms with van der Waals surface area (Å²) < 4.78 is 19.2. The maximum absolute atomic E-state index is 6.40. The van der Waals surface area contributed by atoms with Gasteiger partial charge in [0.25, 0.3) is 0 Å². The topological polar surface area (TPSA) is 27.7 Å². The summed E-state index contributed by atoms with van der Waals surface area (Å²) in [5, 5.41) is 2.32. The summed E-state index contributed by atoms with van der Waals surface area (Å²) in [5.41, 5.74) is 0.634. The Kier molecular flexibility index (Phi) is 7.07. The first-order valence-electron chi connectivity index (χ1n) is 9.65. The molecule has 0 aliphatic heterocycles. The van der Waals surface area contributed by atoms with Crippen LogP contribution >= 0.6 is 46.4 Å². The lowest BCUT2D eigenvalue weighted by atomic mass is 9.68. The zero-order valence-electron chi connectivity index (χ0n) is 16.6. The molecule has 0 atom stereocenters. The van der Waals surface area contributed by atoms with E-state index in [-0.39, 0.29) is 0 Å². The molecule has 0 radical (unpaired) electrons. The van der Waals surface area contributed by atoms with Gasteiger partial charge in [0.05, 0.1) is 17.2 Å². The van der Waals surface area contributed by atoms with Crippen molar-refractivity contribution in [2.24, 2.45) is 0 Å². The van der Waals surface area contributed by atoms with Gasteiger partial charge in [-0.2, -0.15) is 0 Å². The van der Waals surface area contributed by atoms with E-state index in [2.05, 4.69) is 0 Å². The maximum Gasteiger partial charge on any atom is 0.580 e. The Bertz CT molecular complexity index is 1050. The van der Waals surface area contributed by atoms with E-state index < -0.39 is 6.75 Å². The molecule has 8 heteroatoms. The second-order valence-electron chi connectivity index (χ2n) is 6.91. The SMILES string of the molecule is Clc1ccc(O[B-](Oc2ccc(Cl)cc2)(Oc2ccc(Cl)cc2)c2ccc(Cl)cc2)cc1. The van der Waals surface area contributed by atoms with Gasteiger partial charge >= 0.3 is 6.75 Å². The second kappa shape index (κ2) is 9.97. The lowest BCUT2D eigenvalue weighted by Crippen LogP contribution is -2.64. The number of rotatable bonds is 7. The average Bonchev–Trinajstić information content (AvgIpc) is 2.79. The van der Waals surface area contributed by atoms with E-state index in [1.54, 1.807) is 97.1 Å². The van der Waals surface area contributed by atoms with Crippen LogP contribution in [0.4, 0.5) is 0 Å². The molecule has 0 heterocycles. The molecule has 0 unspecified atom stereocenters. The Morgan fingerprint density at radius 2 is 0.625 bits per heavy atom. The molecule has 32 heavy (non-hydrogen) atoms. The van der Waals surface area contributed by atoms with Crippen molar-refractivity contribution in [1.82, 2.24) is 0 Å². The minimum absolute atomic E-state index is 0.507. The van der Waals surface area contributed by atoms with Crippen molar-refractivity contribution in [1.29, 1.82) is 0 Å². The normalized spacial score (nSPS) is 11.1. The summed E-state index contributed by atoms with van der Waals surface area (Å²) in [6, 6.07) is 27.9. The summed E-state index contributed by atoms with van der Waals surface area (Å²) in [7, 11) is 0. The minimum Gasteiger partial charge on any atom is -0.645 e. The van der Waals surface area contributed by atoms with Crippen LogP contribution in [-0.2, 0) is 0 Å². The molecular weight excluding hydrogens is 489 g/mol. The molecule has 4 aromatic rings. The second-order valence-corrected chi connectivity index (χ2v) is 8.65. The van der Waals surface area contributed by atoms with E-state index in [0.717, 1.165) is 0 Å². The van der Waals surface area contributed by atoms with Gasteiger partial charge in [-0.1, -0.05) is 64.0 Å². The number of benzene rings is 4.